The molecule has 30 heavy (non-hydrogen) atoms. The van der Waals surface area contributed by atoms with Gasteiger partial charge in [-0.05, 0) is 18.2 Å². The number of carbonyl (C=O) groups excluding carboxylic acids is 1. The van der Waals surface area contributed by atoms with Crippen molar-refractivity contribution in [3.63, 3.8) is 0 Å². The maximum atomic E-state index is 12.4. The number of benzene rings is 2. The van der Waals surface area contributed by atoms with E-state index in [1.165, 1.54) is 25.4 Å². The molecule has 0 fully saturated rings. The highest BCUT2D eigenvalue weighted by Gasteiger charge is 2.20. The monoisotopic (exact) mass is 410 g/mol. The molecule has 0 aliphatic rings. The number of rotatable bonds is 7. The molecule has 0 bridgehead atoms. The summed E-state index contributed by atoms with van der Waals surface area (Å²) in [5.74, 6) is 0.447. The van der Waals surface area contributed by atoms with E-state index in [0.29, 0.717) is 11.5 Å². The fourth-order valence-corrected chi connectivity index (χ4v) is 2.47. The molecule has 11 heteroatoms. The summed E-state index contributed by atoms with van der Waals surface area (Å²) >= 11 is 0. The summed E-state index contributed by atoms with van der Waals surface area (Å²) in [6, 6.07) is 12.7. The van der Waals surface area contributed by atoms with Gasteiger partial charge in [0.05, 0.1) is 40.5 Å². The van der Waals surface area contributed by atoms with Crippen molar-refractivity contribution < 1.29 is 24.1 Å². The van der Waals surface area contributed by atoms with Gasteiger partial charge in [-0.15, -0.1) is 0 Å². The minimum absolute atomic E-state index is 0.231. The number of ether oxygens (including phenoxy) is 2. The number of non-ortho nitro benzene ring substituents is 2. The van der Waals surface area contributed by atoms with Crippen LogP contribution < -0.4 is 14.8 Å². The lowest BCUT2D eigenvalue weighted by Crippen LogP contribution is -2.13. The zero-order chi connectivity index (χ0) is 21.7. The Labute approximate surface area is 169 Å². The van der Waals surface area contributed by atoms with Gasteiger partial charge in [0.25, 0.3) is 17.3 Å². The van der Waals surface area contributed by atoms with Gasteiger partial charge in [0, 0.05) is 18.2 Å². The van der Waals surface area contributed by atoms with Crippen molar-refractivity contribution in [2.45, 2.75) is 0 Å². The second-order valence-electron chi connectivity index (χ2n) is 5.84. The quantitative estimate of drug-likeness (QED) is 0.455. The van der Waals surface area contributed by atoms with Gasteiger partial charge in [0.15, 0.2) is 11.5 Å². The summed E-state index contributed by atoms with van der Waals surface area (Å²) in [5, 5.41) is 24.4. The summed E-state index contributed by atoms with van der Waals surface area (Å²) in [6.45, 7) is 0. The molecule has 1 heterocycles. The Morgan fingerprint density at radius 2 is 1.60 bits per heavy atom. The summed E-state index contributed by atoms with van der Waals surface area (Å²) in [7, 11) is 1.51. The third-order valence-corrected chi connectivity index (χ3v) is 3.86. The van der Waals surface area contributed by atoms with Crippen LogP contribution >= 0.6 is 0 Å². The number of para-hydroxylation sites is 2. The summed E-state index contributed by atoms with van der Waals surface area (Å²) in [6.07, 6.45) is 1.31. The SMILES string of the molecule is COc1ccccc1Oc1ccc(NC(=O)c2cc([N+](=O)[O-])cc([N+](=O)[O-])c2)cn1. The number of carbonyl (C=O) groups is 1. The molecule has 0 radical (unpaired) electrons. The summed E-state index contributed by atoms with van der Waals surface area (Å²) in [5.41, 5.74) is -1.09. The first-order chi connectivity index (χ1) is 14.4. The fraction of sp³-hybridized carbons (Fsp3) is 0.0526. The van der Waals surface area contributed by atoms with Gasteiger partial charge < -0.3 is 14.8 Å². The molecular formula is C19H14N4O7. The first kappa shape index (κ1) is 20.2. The molecule has 0 atom stereocenters. The second kappa shape index (κ2) is 8.65. The Bertz CT molecular complexity index is 1080. The van der Waals surface area contributed by atoms with Crippen molar-refractivity contribution in [1.82, 2.24) is 4.98 Å². The van der Waals surface area contributed by atoms with Crippen LogP contribution in [-0.4, -0.2) is 27.8 Å². The lowest BCUT2D eigenvalue weighted by molar-refractivity contribution is -0.394. The van der Waals surface area contributed by atoms with Crippen molar-refractivity contribution in [3.8, 4) is 17.4 Å². The van der Waals surface area contributed by atoms with Gasteiger partial charge >= 0.3 is 0 Å². The van der Waals surface area contributed by atoms with E-state index in [2.05, 4.69) is 10.3 Å². The van der Waals surface area contributed by atoms with Gasteiger partial charge in [0.2, 0.25) is 5.88 Å². The van der Waals surface area contributed by atoms with Crippen LogP contribution in [0.2, 0.25) is 0 Å². The van der Waals surface area contributed by atoms with E-state index in [0.717, 1.165) is 18.2 Å². The van der Waals surface area contributed by atoms with Gasteiger partial charge in [-0.1, -0.05) is 12.1 Å². The van der Waals surface area contributed by atoms with Crippen LogP contribution in [0.15, 0.2) is 60.8 Å². The van der Waals surface area contributed by atoms with E-state index in [1.807, 2.05) is 0 Å². The third-order valence-electron chi connectivity index (χ3n) is 3.86. The fourth-order valence-electron chi connectivity index (χ4n) is 2.47. The Morgan fingerprint density at radius 1 is 0.967 bits per heavy atom. The Kier molecular flexibility index (Phi) is 5.82. The molecule has 152 valence electrons. The molecule has 0 saturated carbocycles. The average molecular weight is 410 g/mol. The lowest BCUT2D eigenvalue weighted by atomic mass is 10.1. The molecule has 1 N–H and O–H groups in total. The van der Waals surface area contributed by atoms with Gasteiger partial charge in [-0.3, -0.25) is 25.0 Å². The zero-order valence-corrected chi connectivity index (χ0v) is 15.5. The molecule has 2 aromatic carbocycles. The molecule has 0 saturated heterocycles. The standard InChI is InChI=1S/C19H14N4O7/c1-29-16-4-2-3-5-17(16)30-18-7-6-13(11-20-18)21-19(24)12-8-14(22(25)26)10-15(9-12)23(27)28/h2-11H,1H3,(H,21,24). The zero-order valence-electron chi connectivity index (χ0n) is 15.5. The van der Waals surface area contributed by atoms with Crippen molar-refractivity contribution in [2.75, 3.05) is 12.4 Å². The van der Waals surface area contributed by atoms with Gasteiger partial charge in [0.1, 0.15) is 0 Å². The van der Waals surface area contributed by atoms with Crippen LogP contribution in [0, 0.1) is 20.2 Å². The van der Waals surface area contributed by atoms with Crippen LogP contribution in [0.3, 0.4) is 0 Å². The molecule has 1 aromatic heterocycles. The Morgan fingerprint density at radius 3 is 2.13 bits per heavy atom. The molecule has 0 spiro atoms. The van der Waals surface area contributed by atoms with E-state index in [1.54, 1.807) is 24.3 Å². The van der Waals surface area contributed by atoms with Crippen molar-refractivity contribution in [3.05, 3.63) is 86.6 Å². The number of amides is 1. The molecule has 11 nitrogen and oxygen atoms in total. The minimum Gasteiger partial charge on any atom is -0.493 e. The lowest BCUT2D eigenvalue weighted by Gasteiger charge is -2.10. The highest BCUT2D eigenvalue weighted by Crippen LogP contribution is 2.30. The van der Waals surface area contributed by atoms with Crippen molar-refractivity contribution in [2.24, 2.45) is 0 Å². The Balaban J connectivity index is 1.76. The number of nitro groups is 2. The van der Waals surface area contributed by atoms with Crippen LogP contribution in [-0.2, 0) is 0 Å². The van der Waals surface area contributed by atoms with Crippen LogP contribution in [0.5, 0.6) is 17.4 Å². The first-order valence-corrected chi connectivity index (χ1v) is 8.39. The van der Waals surface area contributed by atoms with Crippen LogP contribution in [0.4, 0.5) is 17.1 Å². The van der Waals surface area contributed by atoms with E-state index in [-0.39, 0.29) is 17.1 Å². The average Bonchev–Trinajstić information content (AvgIpc) is 2.75. The number of pyridine rings is 1. The van der Waals surface area contributed by atoms with Crippen LogP contribution in [0.1, 0.15) is 10.4 Å². The van der Waals surface area contributed by atoms with Crippen molar-refractivity contribution >= 4 is 23.0 Å². The number of methoxy groups -OCH3 is 1. The summed E-state index contributed by atoms with van der Waals surface area (Å²) < 4.78 is 10.8. The molecule has 0 unspecified atom stereocenters. The number of anilines is 1. The van der Waals surface area contributed by atoms with E-state index in [4.69, 9.17) is 9.47 Å². The van der Waals surface area contributed by atoms with Gasteiger partial charge in [-0.2, -0.15) is 0 Å². The normalized spacial score (nSPS) is 10.2. The highest BCUT2D eigenvalue weighted by molar-refractivity contribution is 6.05. The number of hydrogen-bond acceptors (Lipinski definition) is 8. The number of nitro benzene ring substituents is 2. The number of aromatic nitrogens is 1. The van der Waals surface area contributed by atoms with Crippen LogP contribution in [0.25, 0.3) is 0 Å². The molecule has 0 aliphatic carbocycles. The minimum atomic E-state index is -0.810. The number of nitrogens with one attached hydrogen (secondary N) is 1. The molecule has 1 amide bonds. The Hall–Kier alpha value is -4.54. The predicted octanol–water partition coefficient (Wildman–Crippen LogP) is 3.95. The molecule has 3 rings (SSSR count). The van der Waals surface area contributed by atoms with Crippen molar-refractivity contribution in [1.29, 1.82) is 0 Å². The molecule has 3 aromatic rings. The van der Waals surface area contributed by atoms with Gasteiger partial charge in [-0.25, -0.2) is 4.98 Å². The number of hydrogen-bond donors (Lipinski definition) is 1. The maximum Gasteiger partial charge on any atom is 0.277 e. The molecular weight excluding hydrogens is 396 g/mol. The number of nitrogens with zero attached hydrogens (tertiary/aromatic N) is 3. The molecule has 0 aliphatic heterocycles. The smallest absolute Gasteiger partial charge is 0.277 e. The predicted molar refractivity (Wildman–Crippen MR) is 105 cm³/mol. The topological polar surface area (TPSA) is 147 Å². The van der Waals surface area contributed by atoms with E-state index < -0.39 is 27.1 Å². The van der Waals surface area contributed by atoms with E-state index >= 15 is 0 Å². The largest absolute Gasteiger partial charge is 0.493 e. The summed E-state index contributed by atoms with van der Waals surface area (Å²) in [4.78, 5) is 36.8. The van der Waals surface area contributed by atoms with E-state index in [9.17, 15) is 25.0 Å². The first-order valence-electron chi connectivity index (χ1n) is 8.39. The maximum absolute atomic E-state index is 12.4. The second-order valence-corrected chi connectivity index (χ2v) is 5.84. The highest BCUT2D eigenvalue weighted by atomic mass is 16.6. The third kappa shape index (κ3) is 4.65.